The van der Waals surface area contributed by atoms with E-state index in [9.17, 15) is 0 Å². The van der Waals surface area contributed by atoms with Gasteiger partial charge < -0.3 is 0 Å². The van der Waals surface area contributed by atoms with E-state index in [4.69, 9.17) is 0 Å². The molecule has 0 bridgehead atoms. The smallest absolute Gasteiger partial charge is 0.0398 e. The largest absolute Gasteiger partial charge is 0.0622 e. The Balaban J connectivity index is 0.000000471. The van der Waals surface area contributed by atoms with E-state index in [1.807, 2.05) is 18.2 Å². The Kier molecular flexibility index (Phi) is 10.2. The van der Waals surface area contributed by atoms with Crippen molar-refractivity contribution in [2.75, 3.05) is 25.2 Å². The van der Waals surface area contributed by atoms with Crippen molar-refractivity contribution in [1.29, 1.82) is 0 Å². The van der Waals surface area contributed by atoms with Crippen molar-refractivity contribution in [2.45, 2.75) is 48.5 Å². The molecular formula is C20H39P. The molecule has 0 atom stereocenters. The van der Waals surface area contributed by atoms with Crippen LogP contribution in [0.5, 0.6) is 0 Å². The average Bonchev–Trinajstić information content (AvgIpc) is 2.26. The minimum Gasteiger partial charge on any atom is -0.0622 e. The molecule has 0 N–H and O–H groups in total. The Morgan fingerprint density at radius 3 is 1.24 bits per heavy atom. The second kappa shape index (κ2) is 10.4. The van der Waals surface area contributed by atoms with Gasteiger partial charge in [0, 0.05) is 0 Å². The quantitative estimate of drug-likeness (QED) is 0.539. The molecule has 0 fully saturated rings. The average molecular weight is 311 g/mol. The van der Waals surface area contributed by atoms with Gasteiger partial charge in [0.1, 0.15) is 0 Å². The Labute approximate surface area is 135 Å². The zero-order valence-corrected chi connectivity index (χ0v) is 16.7. The molecule has 0 aromatic heterocycles. The third kappa shape index (κ3) is 11.9. The molecule has 0 aliphatic heterocycles. The number of aryl methyl sites for hydroxylation is 1. The fourth-order valence-corrected chi connectivity index (χ4v) is 10.2. The van der Waals surface area contributed by atoms with E-state index < -0.39 is 7.26 Å². The Morgan fingerprint density at radius 2 is 1.05 bits per heavy atom. The van der Waals surface area contributed by atoms with Crippen LogP contribution in [0.25, 0.3) is 0 Å². The molecule has 0 amide bonds. The molecule has 0 radical (unpaired) electrons. The van der Waals surface area contributed by atoms with E-state index in [1.165, 1.54) is 24.0 Å². The molecule has 1 aromatic carbocycles. The van der Waals surface area contributed by atoms with Gasteiger partial charge in [-0.25, -0.2) is 0 Å². The van der Waals surface area contributed by atoms with E-state index in [2.05, 4.69) is 67.3 Å². The van der Waals surface area contributed by atoms with Gasteiger partial charge in [-0.1, -0.05) is 35.9 Å². The van der Waals surface area contributed by atoms with Crippen molar-refractivity contribution < 1.29 is 0 Å². The Hall–Kier alpha value is -0.350. The van der Waals surface area contributed by atoms with Crippen LogP contribution in [-0.4, -0.2) is 25.2 Å². The summed E-state index contributed by atoms with van der Waals surface area (Å²) in [7, 11) is -0.939. The van der Waals surface area contributed by atoms with E-state index in [-0.39, 0.29) is 0 Å². The third-order valence-electron chi connectivity index (χ3n) is 3.64. The maximum Gasteiger partial charge on any atom is -0.0398 e. The van der Waals surface area contributed by atoms with Gasteiger partial charge in [0.25, 0.3) is 0 Å². The Morgan fingerprint density at radius 1 is 0.714 bits per heavy atom. The van der Waals surface area contributed by atoms with E-state index >= 15 is 0 Å². The van der Waals surface area contributed by atoms with Crippen molar-refractivity contribution in [3.05, 3.63) is 35.9 Å². The first-order valence-electron chi connectivity index (χ1n) is 8.66. The fraction of sp³-hybridized carbons (Fsp3) is 0.700. The molecule has 0 unspecified atom stereocenters. The molecule has 1 heteroatoms. The summed E-state index contributed by atoms with van der Waals surface area (Å²) in [6.45, 7) is 19.0. The molecule has 1 rings (SSSR count). The Bertz CT molecular complexity index is 325. The number of rotatable bonds is 6. The van der Waals surface area contributed by atoms with E-state index in [0.29, 0.717) is 0 Å². The summed E-state index contributed by atoms with van der Waals surface area (Å²) in [6.07, 6.45) is 4.55. The monoisotopic (exact) mass is 310 g/mol. The number of benzene rings is 1. The molecule has 124 valence electrons. The minimum absolute atomic E-state index is 0.893. The maximum absolute atomic E-state index is 2.62. The second-order valence-electron chi connectivity index (χ2n) is 8.26. The topological polar surface area (TPSA) is 0 Å². The molecular weight excluding hydrogens is 271 g/mol. The molecule has 0 heterocycles. The van der Waals surface area contributed by atoms with Crippen LogP contribution in [-0.2, 0) is 0 Å². The zero-order valence-electron chi connectivity index (χ0n) is 15.7. The summed E-state index contributed by atoms with van der Waals surface area (Å²) in [6, 6.07) is 10.3. The summed E-state index contributed by atoms with van der Waals surface area (Å²) in [5.74, 6) is 2.68. The van der Waals surface area contributed by atoms with Crippen LogP contribution >= 0.6 is 7.26 Å². The van der Waals surface area contributed by atoms with Crippen molar-refractivity contribution in [3.63, 3.8) is 0 Å². The molecule has 21 heavy (non-hydrogen) atoms. The molecule has 0 aliphatic rings. The molecule has 0 saturated heterocycles. The second-order valence-corrected chi connectivity index (χ2v) is 13.1. The first-order valence-corrected chi connectivity index (χ1v) is 11.8. The number of hydrogen-bond donors (Lipinski definition) is 0. The van der Waals surface area contributed by atoms with Crippen LogP contribution in [0.4, 0.5) is 0 Å². The third-order valence-corrected chi connectivity index (χ3v) is 9.05. The molecule has 0 spiro atoms. The standard InChI is InChI=1S/C13H31P.C7H8/c1-11(2)8-14(7,9-12(3)4)10-13(5)6;1-7-5-3-2-4-6-7/h11-14H,8-10H2,1-7H3;2-6H,1H3. The van der Waals surface area contributed by atoms with Gasteiger partial charge in [0.2, 0.25) is 0 Å². The van der Waals surface area contributed by atoms with Gasteiger partial charge in [-0.15, -0.1) is 0 Å². The summed E-state index contributed by atoms with van der Waals surface area (Å²) >= 11 is 0. The van der Waals surface area contributed by atoms with E-state index in [0.717, 1.165) is 17.8 Å². The predicted molar refractivity (Wildman–Crippen MR) is 105 cm³/mol. The molecule has 0 nitrogen and oxygen atoms in total. The van der Waals surface area contributed by atoms with Crippen molar-refractivity contribution >= 4 is 7.26 Å². The fourth-order valence-electron chi connectivity index (χ4n) is 3.74. The van der Waals surface area contributed by atoms with Gasteiger partial charge in [-0.2, -0.15) is 0 Å². The van der Waals surface area contributed by atoms with Gasteiger partial charge in [-0.3, -0.25) is 0 Å². The molecule has 1 aromatic rings. The predicted octanol–water partition coefficient (Wildman–Crippen LogP) is 6.33. The van der Waals surface area contributed by atoms with Crippen LogP contribution in [0.2, 0.25) is 0 Å². The summed E-state index contributed by atoms with van der Waals surface area (Å²) in [5.41, 5.74) is 1.32. The SMILES string of the molecule is CC(C)C[PH](C)(CC(C)C)CC(C)C.Cc1ccccc1. The number of hydrogen-bond acceptors (Lipinski definition) is 0. The van der Waals surface area contributed by atoms with Gasteiger partial charge in [-0.05, 0) is 6.92 Å². The van der Waals surface area contributed by atoms with Gasteiger partial charge in [0.15, 0.2) is 0 Å². The van der Waals surface area contributed by atoms with Crippen molar-refractivity contribution in [2.24, 2.45) is 17.8 Å². The molecule has 0 aliphatic carbocycles. The van der Waals surface area contributed by atoms with Gasteiger partial charge >= 0.3 is 91.7 Å². The maximum atomic E-state index is 2.62. The summed E-state index contributed by atoms with van der Waals surface area (Å²) < 4.78 is 0. The van der Waals surface area contributed by atoms with Crippen LogP contribution in [0.15, 0.2) is 30.3 Å². The minimum atomic E-state index is -0.939. The van der Waals surface area contributed by atoms with Crippen LogP contribution in [0.1, 0.15) is 47.1 Å². The first kappa shape index (κ1) is 20.6. The van der Waals surface area contributed by atoms with Crippen LogP contribution in [0, 0.1) is 24.7 Å². The normalized spacial score (nSPS) is 12.5. The zero-order chi connectivity index (χ0) is 16.5. The van der Waals surface area contributed by atoms with Crippen molar-refractivity contribution in [1.82, 2.24) is 0 Å². The summed E-state index contributed by atoms with van der Waals surface area (Å²) in [5, 5.41) is 0. The summed E-state index contributed by atoms with van der Waals surface area (Å²) in [4.78, 5) is 0. The van der Waals surface area contributed by atoms with E-state index in [1.54, 1.807) is 0 Å². The van der Waals surface area contributed by atoms with Crippen LogP contribution in [0.3, 0.4) is 0 Å². The molecule has 0 saturated carbocycles. The van der Waals surface area contributed by atoms with Crippen molar-refractivity contribution in [3.8, 4) is 0 Å². The first-order chi connectivity index (χ1) is 9.64. The van der Waals surface area contributed by atoms with Gasteiger partial charge in [0.05, 0.1) is 0 Å². The van der Waals surface area contributed by atoms with Crippen LogP contribution < -0.4 is 0 Å².